The molecule has 3 atom stereocenters. The minimum atomic E-state index is -0.474. The molecule has 1 fully saturated rings. The lowest BCUT2D eigenvalue weighted by Crippen LogP contribution is -2.39. The molecule has 1 aromatic heterocycles. The Morgan fingerprint density at radius 1 is 1.27 bits per heavy atom. The van der Waals surface area contributed by atoms with E-state index in [2.05, 4.69) is 5.32 Å². The summed E-state index contributed by atoms with van der Waals surface area (Å²) in [6.07, 6.45) is 0.176. The molecule has 1 saturated heterocycles. The van der Waals surface area contributed by atoms with Crippen LogP contribution in [0.2, 0.25) is 5.02 Å². The summed E-state index contributed by atoms with van der Waals surface area (Å²) in [6.45, 7) is 4.40. The van der Waals surface area contributed by atoms with Gasteiger partial charge in [-0.1, -0.05) is 23.7 Å². The van der Waals surface area contributed by atoms with Crippen molar-refractivity contribution in [1.29, 1.82) is 0 Å². The third-order valence-electron chi connectivity index (χ3n) is 6.35. The molecular formula is C27H30ClNO8. The number of fused-ring (bicyclic) bond motifs is 1. The number of rotatable bonds is 10. The van der Waals surface area contributed by atoms with Crippen LogP contribution in [0.15, 0.2) is 45.6 Å². The van der Waals surface area contributed by atoms with E-state index in [0.29, 0.717) is 48.1 Å². The van der Waals surface area contributed by atoms with Crippen LogP contribution in [0.3, 0.4) is 0 Å². The molecule has 0 aliphatic carbocycles. The summed E-state index contributed by atoms with van der Waals surface area (Å²) in [7, 11) is 1.57. The van der Waals surface area contributed by atoms with E-state index in [0.717, 1.165) is 0 Å². The molecule has 0 spiro atoms. The maximum Gasteiger partial charge on any atom is 0.302 e. The molecule has 1 unspecified atom stereocenters. The van der Waals surface area contributed by atoms with Crippen molar-refractivity contribution in [2.45, 2.75) is 38.3 Å². The van der Waals surface area contributed by atoms with Gasteiger partial charge in [-0.05, 0) is 32.0 Å². The van der Waals surface area contributed by atoms with Gasteiger partial charge in [-0.2, -0.15) is 0 Å². The van der Waals surface area contributed by atoms with E-state index in [1.165, 1.54) is 19.1 Å². The smallest absolute Gasteiger partial charge is 0.302 e. The van der Waals surface area contributed by atoms with Gasteiger partial charge in [-0.15, -0.1) is 0 Å². The molecular weight excluding hydrogens is 502 g/mol. The zero-order chi connectivity index (χ0) is 26.5. The molecule has 10 heteroatoms. The summed E-state index contributed by atoms with van der Waals surface area (Å²) < 4.78 is 28.2. The van der Waals surface area contributed by atoms with Crippen molar-refractivity contribution in [3.63, 3.8) is 0 Å². The molecule has 0 amide bonds. The first-order valence-corrected chi connectivity index (χ1v) is 12.4. The Morgan fingerprint density at radius 3 is 2.78 bits per heavy atom. The third-order valence-corrected chi connectivity index (χ3v) is 6.68. The Kier molecular flexibility index (Phi) is 8.71. The number of aromatic hydroxyl groups is 1. The van der Waals surface area contributed by atoms with Gasteiger partial charge in [0.15, 0.2) is 12.2 Å². The number of phenolic OH excluding ortho intramolecular Hbond substituents is 1. The summed E-state index contributed by atoms with van der Waals surface area (Å²) in [4.78, 5) is 24.9. The number of benzene rings is 2. The fourth-order valence-electron chi connectivity index (χ4n) is 4.76. The Balaban J connectivity index is 1.88. The molecule has 0 bridgehead atoms. The van der Waals surface area contributed by atoms with Crippen LogP contribution in [0.5, 0.6) is 11.5 Å². The molecule has 0 radical (unpaired) electrons. The number of phenols is 1. The average molecular weight is 532 g/mol. The van der Waals surface area contributed by atoms with Gasteiger partial charge in [0.05, 0.1) is 24.3 Å². The van der Waals surface area contributed by atoms with Crippen LogP contribution in [0.1, 0.15) is 31.7 Å². The highest BCUT2D eigenvalue weighted by molar-refractivity contribution is 6.33. The summed E-state index contributed by atoms with van der Waals surface area (Å²) in [5.41, 5.74) is 0.872. The minimum absolute atomic E-state index is 0.0317. The quantitative estimate of drug-likeness (QED) is 0.225. The molecule has 3 aromatic rings. The van der Waals surface area contributed by atoms with Crippen LogP contribution < -0.4 is 15.5 Å². The lowest BCUT2D eigenvalue weighted by atomic mass is 9.87. The number of carbonyl (C=O) groups excluding carboxylic acids is 1. The Labute approximate surface area is 219 Å². The fraction of sp³-hybridized carbons (Fsp3) is 0.407. The number of methoxy groups -OCH3 is 1. The van der Waals surface area contributed by atoms with Gasteiger partial charge in [0, 0.05) is 43.2 Å². The molecule has 4 rings (SSSR count). The van der Waals surface area contributed by atoms with Crippen molar-refractivity contribution in [3.8, 4) is 22.8 Å². The standard InChI is InChI=1S/C27H30ClNO8/c1-15(36-16(2)30)26-18(8-9-29-26)24-23(35-14-34-11-10-33-3)13-21(32)25-20(31)12-22(37-27(24)25)17-6-4-5-7-19(17)28/h4-7,12-13,15,18,26,29,32H,8-11,14H2,1-3H3/t15?,18-,26-/m1/s1. The Bertz CT molecular complexity index is 1320. The fourth-order valence-corrected chi connectivity index (χ4v) is 4.99. The van der Waals surface area contributed by atoms with Gasteiger partial charge >= 0.3 is 5.97 Å². The molecule has 1 aliphatic heterocycles. The molecule has 2 aromatic carbocycles. The van der Waals surface area contributed by atoms with Crippen LogP contribution in [0.25, 0.3) is 22.3 Å². The second-order valence-corrected chi connectivity index (χ2v) is 9.23. The van der Waals surface area contributed by atoms with E-state index in [1.807, 2.05) is 0 Å². The first-order chi connectivity index (χ1) is 17.8. The van der Waals surface area contributed by atoms with Crippen LogP contribution in [-0.2, 0) is 19.0 Å². The summed E-state index contributed by atoms with van der Waals surface area (Å²) in [5.74, 6) is -0.383. The van der Waals surface area contributed by atoms with Crippen molar-refractivity contribution in [1.82, 2.24) is 5.32 Å². The molecule has 0 saturated carbocycles. The van der Waals surface area contributed by atoms with Crippen LogP contribution in [-0.4, -0.2) is 56.9 Å². The second-order valence-electron chi connectivity index (χ2n) is 8.82. The van der Waals surface area contributed by atoms with Gasteiger partial charge in [-0.25, -0.2) is 0 Å². The number of carbonyl (C=O) groups is 1. The number of hydrogen-bond acceptors (Lipinski definition) is 9. The van der Waals surface area contributed by atoms with Crippen molar-refractivity contribution in [2.24, 2.45) is 0 Å². The summed E-state index contributed by atoms with van der Waals surface area (Å²) in [5, 5.41) is 14.7. The monoisotopic (exact) mass is 531 g/mol. The topological polar surface area (TPSA) is 116 Å². The maximum absolute atomic E-state index is 13.2. The van der Waals surface area contributed by atoms with Crippen LogP contribution >= 0.6 is 11.6 Å². The number of hydrogen-bond donors (Lipinski definition) is 2. The van der Waals surface area contributed by atoms with E-state index >= 15 is 0 Å². The highest BCUT2D eigenvalue weighted by atomic mass is 35.5. The average Bonchev–Trinajstić information content (AvgIpc) is 3.33. The first kappa shape index (κ1) is 26.9. The van der Waals surface area contributed by atoms with Gasteiger partial charge < -0.3 is 33.8 Å². The molecule has 2 N–H and O–H groups in total. The minimum Gasteiger partial charge on any atom is -0.507 e. The SMILES string of the molecule is COCCOCOc1cc(O)c2c(=O)cc(-c3ccccc3Cl)oc2c1[C@H]1CCN[C@@H]1C(C)OC(C)=O. The normalized spacial score (nSPS) is 18.2. The van der Waals surface area contributed by atoms with Gasteiger partial charge in [0.1, 0.15) is 34.3 Å². The van der Waals surface area contributed by atoms with Crippen molar-refractivity contribution in [2.75, 3.05) is 33.7 Å². The summed E-state index contributed by atoms with van der Waals surface area (Å²) in [6, 6.07) is 9.44. The zero-order valence-corrected chi connectivity index (χ0v) is 21.7. The first-order valence-electron chi connectivity index (χ1n) is 12.0. The van der Waals surface area contributed by atoms with E-state index in [1.54, 1.807) is 38.3 Å². The van der Waals surface area contributed by atoms with E-state index in [4.69, 9.17) is 35.0 Å². The van der Waals surface area contributed by atoms with E-state index in [-0.39, 0.29) is 41.2 Å². The molecule has 37 heavy (non-hydrogen) atoms. The number of nitrogens with one attached hydrogen (secondary N) is 1. The van der Waals surface area contributed by atoms with Gasteiger partial charge in [-0.3, -0.25) is 9.59 Å². The number of halogens is 1. The predicted octanol–water partition coefficient (Wildman–Crippen LogP) is 4.22. The molecule has 2 heterocycles. The van der Waals surface area contributed by atoms with Crippen LogP contribution in [0, 0.1) is 0 Å². The highest BCUT2D eigenvalue weighted by Gasteiger charge is 2.38. The Hall–Kier alpha value is -3.11. The van der Waals surface area contributed by atoms with Crippen molar-refractivity contribution in [3.05, 3.63) is 57.2 Å². The summed E-state index contributed by atoms with van der Waals surface area (Å²) >= 11 is 6.39. The van der Waals surface area contributed by atoms with Gasteiger partial charge in [0.2, 0.25) is 0 Å². The molecule has 9 nitrogen and oxygen atoms in total. The van der Waals surface area contributed by atoms with Crippen LogP contribution in [0.4, 0.5) is 0 Å². The zero-order valence-electron chi connectivity index (χ0n) is 20.9. The highest BCUT2D eigenvalue weighted by Crippen LogP contribution is 2.44. The molecule has 1 aliphatic rings. The van der Waals surface area contributed by atoms with E-state index < -0.39 is 17.5 Å². The number of ether oxygens (including phenoxy) is 4. The largest absolute Gasteiger partial charge is 0.507 e. The maximum atomic E-state index is 13.2. The van der Waals surface area contributed by atoms with Gasteiger partial charge in [0.25, 0.3) is 0 Å². The van der Waals surface area contributed by atoms with E-state index in [9.17, 15) is 14.7 Å². The third kappa shape index (κ3) is 5.91. The van der Waals surface area contributed by atoms with Crippen molar-refractivity contribution < 1.29 is 33.3 Å². The number of esters is 1. The second kappa shape index (κ2) is 12.0. The van der Waals surface area contributed by atoms with Crippen molar-refractivity contribution >= 4 is 28.5 Å². The lowest BCUT2D eigenvalue weighted by Gasteiger charge is -2.27. The predicted molar refractivity (Wildman–Crippen MR) is 138 cm³/mol. The lowest BCUT2D eigenvalue weighted by molar-refractivity contribution is -0.146. The molecule has 198 valence electrons. The Morgan fingerprint density at radius 2 is 2.05 bits per heavy atom.